The Morgan fingerprint density at radius 3 is 2.31 bits per heavy atom. The number of carboxylic acid groups (broad SMARTS) is 1. The molecule has 0 spiro atoms. The Labute approximate surface area is 99.6 Å². The first-order chi connectivity index (χ1) is 7.12. The molecular formula is C12H24O3Si. The molecule has 0 saturated carbocycles. The van der Waals surface area contributed by atoms with Crippen molar-refractivity contribution in [2.45, 2.75) is 57.8 Å². The minimum absolute atomic E-state index is 0.0366. The number of allylic oxidation sites excluding steroid dienone is 1. The Kier molecular flexibility index (Phi) is 5.42. The van der Waals surface area contributed by atoms with E-state index in [0.717, 1.165) is 0 Å². The molecule has 16 heavy (non-hydrogen) atoms. The maximum Gasteiger partial charge on any atom is 0.331 e. The third-order valence-corrected chi connectivity index (χ3v) is 7.64. The summed E-state index contributed by atoms with van der Waals surface area (Å²) >= 11 is 0. The van der Waals surface area contributed by atoms with Crippen LogP contribution in [0.2, 0.25) is 18.1 Å². The topological polar surface area (TPSA) is 46.5 Å². The van der Waals surface area contributed by atoms with Crippen molar-refractivity contribution < 1.29 is 14.3 Å². The summed E-state index contributed by atoms with van der Waals surface area (Å²) < 4.78 is 5.86. The van der Waals surface area contributed by atoms with E-state index in [4.69, 9.17) is 9.53 Å². The first-order valence-corrected chi connectivity index (χ1v) is 8.54. The second-order valence-electron chi connectivity index (χ2n) is 5.57. The average Bonchev–Trinajstić information content (AvgIpc) is 2.09. The van der Waals surface area contributed by atoms with Gasteiger partial charge in [-0.3, -0.25) is 0 Å². The van der Waals surface area contributed by atoms with Gasteiger partial charge in [-0.25, -0.2) is 4.79 Å². The molecule has 0 aliphatic carbocycles. The van der Waals surface area contributed by atoms with Crippen LogP contribution in [0.15, 0.2) is 12.7 Å². The molecular weight excluding hydrogens is 220 g/mol. The van der Waals surface area contributed by atoms with E-state index in [9.17, 15) is 4.79 Å². The molecule has 0 saturated heterocycles. The minimum Gasteiger partial charge on any atom is -0.479 e. The van der Waals surface area contributed by atoms with E-state index in [1.54, 1.807) is 6.08 Å². The van der Waals surface area contributed by atoms with E-state index < -0.39 is 20.4 Å². The summed E-state index contributed by atoms with van der Waals surface area (Å²) in [5, 5.41) is 9.13. The Hall–Kier alpha value is -0.613. The van der Waals surface area contributed by atoms with E-state index in [1.807, 2.05) is 0 Å². The minimum atomic E-state index is -2.00. The molecule has 0 aromatic carbocycles. The summed E-state index contributed by atoms with van der Waals surface area (Å²) in [6.07, 6.45) is 2.21. The van der Waals surface area contributed by atoms with Crippen molar-refractivity contribution >= 4 is 14.3 Å². The van der Waals surface area contributed by atoms with Crippen LogP contribution in [0.25, 0.3) is 0 Å². The van der Waals surface area contributed by atoms with Gasteiger partial charge in [0.05, 0.1) is 0 Å². The highest BCUT2D eigenvalue weighted by atomic mass is 28.4. The van der Waals surface area contributed by atoms with Crippen molar-refractivity contribution in [3.8, 4) is 0 Å². The lowest BCUT2D eigenvalue weighted by molar-refractivity contribution is -0.145. The van der Waals surface area contributed by atoms with Crippen LogP contribution < -0.4 is 0 Å². The van der Waals surface area contributed by atoms with Crippen LogP contribution in [0.4, 0.5) is 0 Å². The third-order valence-electron chi connectivity index (χ3n) is 3.15. The highest BCUT2D eigenvalue weighted by Crippen LogP contribution is 2.37. The predicted octanol–water partition coefficient (Wildman–Crippen LogP) is 3.43. The van der Waals surface area contributed by atoms with Gasteiger partial charge in [0.2, 0.25) is 0 Å². The molecule has 3 nitrogen and oxygen atoms in total. The lowest BCUT2D eigenvalue weighted by Crippen LogP contribution is -2.46. The van der Waals surface area contributed by atoms with Crippen molar-refractivity contribution in [1.82, 2.24) is 0 Å². The molecule has 94 valence electrons. The van der Waals surface area contributed by atoms with E-state index >= 15 is 0 Å². The van der Waals surface area contributed by atoms with Gasteiger partial charge in [-0.05, 0) is 31.0 Å². The summed E-state index contributed by atoms with van der Waals surface area (Å²) in [6, 6.07) is 0. The largest absolute Gasteiger partial charge is 0.479 e. The van der Waals surface area contributed by atoms with Crippen molar-refractivity contribution in [3.05, 3.63) is 12.7 Å². The van der Waals surface area contributed by atoms with Gasteiger partial charge < -0.3 is 9.53 Å². The molecule has 0 aliphatic heterocycles. The molecule has 0 bridgehead atoms. The van der Waals surface area contributed by atoms with Gasteiger partial charge in [0.1, 0.15) is 6.10 Å². The standard InChI is InChI=1S/C12H24O3Si/c1-7-8-9-10(11(13)14)15-16(5,6)12(2,3)4/h7,10H,1,8-9H2,2-6H3,(H,13,14)/t10-/m1/s1. The SMILES string of the molecule is C=CCC[C@@H](O[Si](C)(C)C(C)(C)C)C(=O)O. The van der Waals surface area contributed by atoms with Gasteiger partial charge in [-0.2, -0.15) is 0 Å². The van der Waals surface area contributed by atoms with Crippen LogP contribution in [0.5, 0.6) is 0 Å². The van der Waals surface area contributed by atoms with Gasteiger partial charge in [0.15, 0.2) is 8.32 Å². The third kappa shape index (κ3) is 4.49. The number of carbonyl (C=O) groups is 1. The summed E-state index contributed by atoms with van der Waals surface area (Å²) in [7, 11) is -2.00. The monoisotopic (exact) mass is 244 g/mol. The van der Waals surface area contributed by atoms with Crippen molar-refractivity contribution in [3.63, 3.8) is 0 Å². The zero-order chi connectivity index (χ0) is 13.0. The van der Waals surface area contributed by atoms with Crippen LogP contribution in [0, 0.1) is 0 Å². The molecule has 0 rings (SSSR count). The summed E-state index contributed by atoms with van der Waals surface area (Å²) in [4.78, 5) is 11.1. The van der Waals surface area contributed by atoms with Gasteiger partial charge >= 0.3 is 5.97 Å². The molecule has 0 aromatic heterocycles. The van der Waals surface area contributed by atoms with Crippen LogP contribution in [-0.2, 0) is 9.22 Å². The molecule has 4 heteroatoms. The summed E-state index contributed by atoms with van der Waals surface area (Å²) in [5.41, 5.74) is 0. The highest BCUT2D eigenvalue weighted by Gasteiger charge is 2.40. The second-order valence-corrected chi connectivity index (χ2v) is 10.3. The molecule has 1 atom stereocenters. The Morgan fingerprint density at radius 1 is 1.50 bits per heavy atom. The Morgan fingerprint density at radius 2 is 2.00 bits per heavy atom. The number of hydrogen-bond acceptors (Lipinski definition) is 2. The van der Waals surface area contributed by atoms with Crippen LogP contribution in [-0.4, -0.2) is 25.5 Å². The molecule has 0 aromatic rings. The molecule has 0 heterocycles. The van der Waals surface area contributed by atoms with E-state index in [0.29, 0.717) is 12.8 Å². The van der Waals surface area contributed by atoms with E-state index in [2.05, 4.69) is 40.4 Å². The van der Waals surface area contributed by atoms with Crippen LogP contribution in [0.3, 0.4) is 0 Å². The predicted molar refractivity (Wildman–Crippen MR) is 69.1 cm³/mol. The van der Waals surface area contributed by atoms with Crippen molar-refractivity contribution in [2.75, 3.05) is 0 Å². The number of hydrogen-bond donors (Lipinski definition) is 1. The lowest BCUT2D eigenvalue weighted by Gasteiger charge is -2.38. The quantitative estimate of drug-likeness (QED) is 0.575. The average molecular weight is 244 g/mol. The molecule has 0 amide bonds. The maximum atomic E-state index is 11.1. The van der Waals surface area contributed by atoms with Crippen molar-refractivity contribution in [1.29, 1.82) is 0 Å². The fourth-order valence-corrected chi connectivity index (χ4v) is 2.32. The molecule has 0 aliphatic rings. The summed E-state index contributed by atoms with van der Waals surface area (Å²) in [6.45, 7) is 14.0. The second kappa shape index (κ2) is 5.64. The van der Waals surface area contributed by atoms with Crippen LogP contribution >= 0.6 is 0 Å². The zero-order valence-electron chi connectivity index (χ0n) is 11.0. The van der Waals surface area contributed by atoms with Gasteiger partial charge in [-0.1, -0.05) is 26.8 Å². The smallest absolute Gasteiger partial charge is 0.331 e. The van der Waals surface area contributed by atoms with Gasteiger partial charge in [-0.15, -0.1) is 6.58 Å². The molecule has 1 N–H and O–H groups in total. The van der Waals surface area contributed by atoms with E-state index in [1.165, 1.54) is 0 Å². The first kappa shape index (κ1) is 15.4. The summed E-state index contributed by atoms with van der Waals surface area (Å²) in [5.74, 6) is -0.869. The first-order valence-electron chi connectivity index (χ1n) is 5.63. The van der Waals surface area contributed by atoms with Crippen LogP contribution in [0.1, 0.15) is 33.6 Å². The lowest BCUT2D eigenvalue weighted by atomic mass is 10.2. The molecule has 0 radical (unpaired) electrons. The molecule has 0 unspecified atom stereocenters. The number of aliphatic carboxylic acids is 1. The normalized spacial score (nSPS) is 14.6. The maximum absolute atomic E-state index is 11.1. The number of carboxylic acids is 1. The zero-order valence-corrected chi connectivity index (χ0v) is 12.0. The Bertz CT molecular complexity index is 253. The fourth-order valence-electron chi connectivity index (χ4n) is 1.03. The van der Waals surface area contributed by atoms with Gasteiger partial charge in [0, 0.05) is 0 Å². The number of rotatable bonds is 6. The molecule has 0 fully saturated rings. The van der Waals surface area contributed by atoms with Gasteiger partial charge in [0.25, 0.3) is 0 Å². The Balaban J connectivity index is 4.62. The van der Waals surface area contributed by atoms with Crippen molar-refractivity contribution in [2.24, 2.45) is 0 Å². The van der Waals surface area contributed by atoms with E-state index in [-0.39, 0.29) is 5.04 Å². The highest BCUT2D eigenvalue weighted by molar-refractivity contribution is 6.74. The fraction of sp³-hybridized carbons (Fsp3) is 0.750.